The van der Waals surface area contributed by atoms with Crippen molar-refractivity contribution in [1.82, 2.24) is 0 Å². The van der Waals surface area contributed by atoms with Crippen molar-refractivity contribution >= 4 is 11.9 Å². The van der Waals surface area contributed by atoms with Gasteiger partial charge < -0.3 is 29.9 Å². The molecule has 4 N–H and O–H groups in total. The first-order chi connectivity index (χ1) is 39.3. The van der Waals surface area contributed by atoms with E-state index in [1.54, 1.807) is 26.0 Å². The van der Waals surface area contributed by atoms with E-state index < -0.39 is 45.4 Å². The molecule has 0 heterocycles. The summed E-state index contributed by atoms with van der Waals surface area (Å²) in [7, 11) is 0. The van der Waals surface area contributed by atoms with Crippen molar-refractivity contribution in [1.29, 1.82) is 0 Å². The number of unbranched alkanes of at least 4 members (excludes halogenated alkanes) is 10. The van der Waals surface area contributed by atoms with Crippen LogP contribution in [0, 0.1) is 10.8 Å². The first-order valence-electron chi connectivity index (χ1n) is 31.6. The minimum atomic E-state index is -1.55. The summed E-state index contributed by atoms with van der Waals surface area (Å²) in [6.45, 7) is 23.2. The number of ether oxygens (including phenoxy) is 2. The molecule has 2 aliphatic rings. The summed E-state index contributed by atoms with van der Waals surface area (Å²) < 4.78 is 11.8. The monoisotopic (exact) mass is 1140 g/mol. The van der Waals surface area contributed by atoms with Crippen molar-refractivity contribution in [3.63, 3.8) is 0 Å². The second kappa shape index (κ2) is 39.5. The predicted molar refractivity (Wildman–Crippen MR) is 352 cm³/mol. The van der Waals surface area contributed by atoms with E-state index in [4.69, 9.17) is 9.47 Å². The van der Waals surface area contributed by atoms with Crippen molar-refractivity contribution in [3.8, 4) is 0 Å². The molecule has 2 aliphatic carbocycles. The van der Waals surface area contributed by atoms with Gasteiger partial charge in [-0.15, -0.1) is 0 Å². The summed E-state index contributed by atoms with van der Waals surface area (Å²) in [6.07, 6.45) is 71.9. The largest absolute Gasteiger partial charge is 0.462 e. The SMILES string of the molecule is C/C=C\C/C=C\C/C=C\C/C=C\C/C=C\CCCC(=O)O[C@H]1CC(C)(C)[C@](O)(/C=C/C(C)=C/C=C/C(C)=C/C=C/C=C(C)/C=C/C=C(C)/C=C/[C@@]2(O)C(C)(C)C[C@H](OC(=O)CCCCCCC/C=C\CCCCCC)C[C@@]2(C)O)[C@](C)(O)C1. The highest BCUT2D eigenvalue weighted by Gasteiger charge is 2.60. The van der Waals surface area contributed by atoms with Crippen LogP contribution in [0.25, 0.3) is 0 Å². The molecule has 0 unspecified atom stereocenters. The Labute approximate surface area is 505 Å². The van der Waals surface area contributed by atoms with Gasteiger partial charge >= 0.3 is 11.9 Å². The summed E-state index contributed by atoms with van der Waals surface area (Å²) in [5.41, 5.74) is -3.74. The Hall–Kier alpha value is -5.12. The zero-order valence-corrected chi connectivity index (χ0v) is 53.9. The lowest BCUT2D eigenvalue weighted by molar-refractivity contribution is -0.223. The van der Waals surface area contributed by atoms with E-state index in [1.165, 1.54) is 44.9 Å². The van der Waals surface area contributed by atoms with Gasteiger partial charge in [0.1, 0.15) is 23.4 Å². The zero-order valence-electron chi connectivity index (χ0n) is 53.9. The molecule has 8 nitrogen and oxygen atoms in total. The van der Waals surface area contributed by atoms with E-state index in [9.17, 15) is 30.0 Å². The Bertz CT molecular complexity index is 2350. The lowest BCUT2D eigenvalue weighted by Gasteiger charge is -2.55. The topological polar surface area (TPSA) is 134 Å². The van der Waals surface area contributed by atoms with Crippen LogP contribution in [-0.2, 0) is 19.1 Å². The number of allylic oxidation sites excluding steroid dienone is 28. The van der Waals surface area contributed by atoms with Gasteiger partial charge in [0, 0.05) is 36.5 Å². The van der Waals surface area contributed by atoms with Crippen LogP contribution in [0.15, 0.2) is 180 Å². The Kier molecular flexibility index (Phi) is 35.2. The van der Waals surface area contributed by atoms with Crippen LogP contribution in [-0.4, -0.2) is 67.0 Å². The molecule has 0 aromatic carbocycles. The van der Waals surface area contributed by atoms with E-state index in [0.717, 1.165) is 80.1 Å². The molecular formula is C75H114O8. The fraction of sp³-hybridized carbons (Fsp3) is 0.573. The lowest BCUT2D eigenvalue weighted by Crippen LogP contribution is -2.65. The molecular weight excluding hydrogens is 1030 g/mol. The second-order valence-electron chi connectivity index (χ2n) is 25.2. The number of hydrogen-bond donors (Lipinski definition) is 4. The highest BCUT2D eigenvalue weighted by Crippen LogP contribution is 2.52. The van der Waals surface area contributed by atoms with Gasteiger partial charge in [-0.05, 0) is 144 Å². The Morgan fingerprint density at radius 1 is 0.422 bits per heavy atom. The van der Waals surface area contributed by atoms with Crippen LogP contribution in [0.5, 0.6) is 0 Å². The lowest BCUT2D eigenvalue weighted by atomic mass is 9.57. The van der Waals surface area contributed by atoms with Crippen molar-refractivity contribution < 1.29 is 39.5 Å². The molecule has 0 spiro atoms. The third-order valence-electron chi connectivity index (χ3n) is 16.4. The Morgan fingerprint density at radius 2 is 0.759 bits per heavy atom. The molecule has 0 aromatic heterocycles. The predicted octanol–water partition coefficient (Wildman–Crippen LogP) is 18.8. The maximum atomic E-state index is 12.8. The maximum Gasteiger partial charge on any atom is 0.306 e. The summed E-state index contributed by atoms with van der Waals surface area (Å²) in [4.78, 5) is 25.7. The molecule has 2 rings (SSSR count). The highest BCUT2D eigenvalue weighted by atomic mass is 16.5. The van der Waals surface area contributed by atoms with Crippen molar-refractivity contribution in [2.75, 3.05) is 0 Å². The van der Waals surface area contributed by atoms with Gasteiger partial charge in [-0.1, -0.05) is 241 Å². The van der Waals surface area contributed by atoms with Crippen LogP contribution >= 0.6 is 0 Å². The van der Waals surface area contributed by atoms with Gasteiger partial charge in [0.2, 0.25) is 0 Å². The number of esters is 2. The summed E-state index contributed by atoms with van der Waals surface area (Å²) >= 11 is 0. The molecule has 0 radical (unpaired) electrons. The normalized spacial score (nSPS) is 26.1. The third-order valence-corrected chi connectivity index (χ3v) is 16.4. The van der Waals surface area contributed by atoms with Gasteiger partial charge in [-0.3, -0.25) is 9.59 Å². The summed E-state index contributed by atoms with van der Waals surface area (Å²) in [5, 5.41) is 47.4. The smallest absolute Gasteiger partial charge is 0.306 e. The molecule has 462 valence electrons. The molecule has 8 heteroatoms. The zero-order chi connectivity index (χ0) is 61.7. The first-order valence-corrected chi connectivity index (χ1v) is 31.6. The quantitative estimate of drug-likeness (QED) is 0.0209. The van der Waals surface area contributed by atoms with E-state index in [-0.39, 0.29) is 24.8 Å². The van der Waals surface area contributed by atoms with E-state index in [1.807, 2.05) is 135 Å². The van der Waals surface area contributed by atoms with Gasteiger partial charge in [0.05, 0.1) is 11.2 Å². The highest BCUT2D eigenvalue weighted by molar-refractivity contribution is 5.70. The van der Waals surface area contributed by atoms with Crippen LogP contribution in [0.2, 0.25) is 0 Å². The summed E-state index contributed by atoms with van der Waals surface area (Å²) in [6, 6.07) is 0. The van der Waals surface area contributed by atoms with Gasteiger partial charge in [0.25, 0.3) is 0 Å². The molecule has 6 atom stereocenters. The molecule has 0 amide bonds. The minimum absolute atomic E-state index is 0.135. The van der Waals surface area contributed by atoms with Gasteiger partial charge in [-0.25, -0.2) is 0 Å². The average Bonchev–Trinajstić information content (AvgIpc) is 1.29. The Morgan fingerprint density at radius 3 is 1.18 bits per heavy atom. The van der Waals surface area contributed by atoms with Crippen molar-refractivity contribution in [3.05, 3.63) is 180 Å². The minimum Gasteiger partial charge on any atom is -0.462 e. The number of carbonyl (C=O) groups is 2. The second-order valence-corrected chi connectivity index (χ2v) is 25.2. The fourth-order valence-electron chi connectivity index (χ4n) is 11.2. The van der Waals surface area contributed by atoms with Crippen LogP contribution in [0.3, 0.4) is 0 Å². The van der Waals surface area contributed by atoms with E-state index in [0.29, 0.717) is 32.1 Å². The van der Waals surface area contributed by atoms with Crippen molar-refractivity contribution in [2.45, 2.75) is 265 Å². The molecule has 0 aliphatic heterocycles. The molecule has 2 saturated carbocycles. The third kappa shape index (κ3) is 28.5. The number of rotatable bonds is 37. The molecule has 83 heavy (non-hydrogen) atoms. The molecule has 0 aromatic rings. The van der Waals surface area contributed by atoms with Crippen LogP contribution < -0.4 is 0 Å². The van der Waals surface area contributed by atoms with Gasteiger partial charge in [-0.2, -0.15) is 0 Å². The molecule has 0 saturated heterocycles. The fourth-order valence-corrected chi connectivity index (χ4v) is 11.2. The van der Waals surface area contributed by atoms with Crippen LogP contribution in [0.4, 0.5) is 0 Å². The maximum absolute atomic E-state index is 12.8. The summed E-state index contributed by atoms with van der Waals surface area (Å²) in [5.74, 6) is -0.510. The average molecular weight is 1140 g/mol. The standard InChI is InChI=1S/C75H114O8/c1-13-15-17-19-21-23-25-27-28-29-31-33-35-37-39-41-53-69(77)83-67-59-71(9,10)75(81,73(12,79)61-67)57-55-65(6)51-45-49-63(4)47-43-42-46-62(3)48-44-50-64(5)54-56-74(80)70(7,8)58-66(60-72(74,11)78)82-68(76)52-40-38-36-34-32-30-26-24-22-20-18-16-14-2/h13,15,19,21,24-27,29,31,35,37,42-51,54-57,66-67,78-81H,14,16-18,20,22-23,28,30,32-34,36,38-41,52-53,58-61H2,1-12H3/b15-13-,21-19-,26-24-,27-25-,31-29-,37-35-,43-42+,48-44+,49-45+,56-54+,57-55+,62-46+,63-47+,64-50+,65-51+/t66-,67-,72+,73+,74+,75+/m0/s1. The number of hydrogen-bond acceptors (Lipinski definition) is 8. The number of carbonyl (C=O) groups excluding carboxylic acids is 2. The Balaban J connectivity index is 1.82. The van der Waals surface area contributed by atoms with E-state index in [2.05, 4.69) is 79.8 Å². The van der Waals surface area contributed by atoms with E-state index >= 15 is 0 Å². The molecule has 2 fully saturated rings. The molecule has 0 bridgehead atoms. The van der Waals surface area contributed by atoms with Crippen LogP contribution in [0.1, 0.15) is 231 Å². The number of aliphatic hydroxyl groups is 4. The first kappa shape index (κ1) is 74.0. The van der Waals surface area contributed by atoms with Crippen molar-refractivity contribution in [2.24, 2.45) is 10.8 Å². The van der Waals surface area contributed by atoms with Gasteiger partial charge in [0.15, 0.2) is 0 Å².